The fourth-order valence-electron chi connectivity index (χ4n) is 4.46. The van der Waals surface area contributed by atoms with Crippen LogP contribution in [0.15, 0.2) is 23.3 Å². The molecule has 3 rings (SSSR count). The molecule has 1 fully saturated rings. The maximum absolute atomic E-state index is 13.5. The Morgan fingerprint density at radius 1 is 1.21 bits per heavy atom. The molecule has 0 spiro atoms. The minimum atomic E-state index is -0.623. The lowest BCUT2D eigenvalue weighted by atomic mass is 9.77. The lowest BCUT2D eigenvalue weighted by Gasteiger charge is -2.35. The molecule has 1 unspecified atom stereocenters. The number of benzene rings is 1. The zero-order chi connectivity index (χ0) is 21.0. The lowest BCUT2D eigenvalue weighted by molar-refractivity contribution is -0.139. The molecule has 6 nitrogen and oxygen atoms in total. The van der Waals surface area contributed by atoms with Gasteiger partial charge in [-0.1, -0.05) is 13.3 Å². The lowest BCUT2D eigenvalue weighted by Crippen LogP contribution is -2.47. The number of hydrogen-bond donors (Lipinski definition) is 0. The molecule has 2 aliphatic heterocycles. The molecule has 1 aromatic carbocycles. The number of ether oxygens (including phenoxy) is 2. The topological polar surface area (TPSA) is 54.4 Å². The molecule has 0 aromatic heterocycles. The van der Waals surface area contributed by atoms with Gasteiger partial charge in [0, 0.05) is 31.1 Å². The molecule has 0 aliphatic carbocycles. The Morgan fingerprint density at radius 3 is 2.48 bits per heavy atom. The van der Waals surface area contributed by atoms with Crippen LogP contribution >= 0.6 is 11.6 Å². The van der Waals surface area contributed by atoms with Crippen molar-refractivity contribution in [3.63, 3.8) is 0 Å². The minimum absolute atomic E-state index is 0.111. The van der Waals surface area contributed by atoms with Crippen molar-refractivity contribution in [2.45, 2.75) is 45.6 Å². The molecule has 2 heterocycles. The van der Waals surface area contributed by atoms with Crippen LogP contribution in [0, 0.1) is 5.41 Å². The molecule has 0 saturated carbocycles. The summed E-state index contributed by atoms with van der Waals surface area (Å²) in [6, 6.07) is 5.91. The van der Waals surface area contributed by atoms with E-state index >= 15 is 0 Å². The normalized spacial score (nSPS) is 23.4. The highest BCUT2D eigenvalue weighted by atomic mass is 35.5. The highest BCUT2D eigenvalue weighted by molar-refractivity contribution is 6.19. The van der Waals surface area contributed by atoms with Crippen LogP contribution in [0.1, 0.15) is 45.1 Å². The van der Waals surface area contributed by atoms with Crippen LogP contribution in [0.3, 0.4) is 0 Å². The summed E-state index contributed by atoms with van der Waals surface area (Å²) in [7, 11) is 3.24. The van der Waals surface area contributed by atoms with Gasteiger partial charge >= 0.3 is 0 Å². The minimum Gasteiger partial charge on any atom is -0.493 e. The first-order chi connectivity index (χ1) is 14.0. The Hall–Kier alpha value is -1.79. The van der Waals surface area contributed by atoms with E-state index in [0.717, 1.165) is 56.6 Å². The molecular weight excluding hydrogens is 390 g/mol. The zero-order valence-electron chi connectivity index (χ0n) is 17.9. The third-order valence-electron chi connectivity index (χ3n) is 6.12. The number of nitrogens with zero attached hydrogens (tertiary/aromatic N) is 3. The number of likely N-dealkylation sites (tertiary alicyclic amines) is 1. The monoisotopic (exact) mass is 421 g/mol. The fraction of sp³-hybridized carbons (Fsp3) is 0.636. The molecule has 1 saturated heterocycles. The molecule has 0 bridgehead atoms. The van der Waals surface area contributed by atoms with E-state index in [2.05, 4.69) is 11.8 Å². The van der Waals surface area contributed by atoms with E-state index in [4.69, 9.17) is 26.2 Å². The number of amides is 1. The van der Waals surface area contributed by atoms with Crippen molar-refractivity contribution >= 4 is 23.2 Å². The zero-order valence-corrected chi connectivity index (χ0v) is 18.7. The Balaban J connectivity index is 1.91. The van der Waals surface area contributed by atoms with Crippen molar-refractivity contribution in [1.29, 1.82) is 0 Å². The summed E-state index contributed by atoms with van der Waals surface area (Å²) in [5.41, 5.74) is 1.12. The van der Waals surface area contributed by atoms with Gasteiger partial charge in [-0.05, 0) is 44.4 Å². The van der Waals surface area contributed by atoms with Crippen molar-refractivity contribution in [2.75, 3.05) is 39.7 Å². The predicted molar refractivity (Wildman–Crippen MR) is 116 cm³/mol. The van der Waals surface area contributed by atoms with Crippen LogP contribution in [-0.4, -0.2) is 67.3 Å². The van der Waals surface area contributed by atoms with Crippen molar-refractivity contribution in [3.8, 4) is 11.5 Å². The third kappa shape index (κ3) is 4.24. The van der Waals surface area contributed by atoms with Crippen LogP contribution in [0.5, 0.6) is 11.5 Å². The van der Waals surface area contributed by atoms with Gasteiger partial charge in [0.25, 0.3) is 5.91 Å². The third-order valence-corrected chi connectivity index (χ3v) is 6.29. The largest absolute Gasteiger partial charge is 0.493 e. The molecule has 0 radical (unpaired) electrons. The van der Waals surface area contributed by atoms with Crippen molar-refractivity contribution < 1.29 is 14.3 Å². The molecule has 1 atom stereocenters. The number of alkyl halides is 1. The Labute approximate surface area is 178 Å². The van der Waals surface area contributed by atoms with Gasteiger partial charge in [0.1, 0.15) is 0 Å². The van der Waals surface area contributed by atoms with Crippen LogP contribution in [0.2, 0.25) is 0 Å². The van der Waals surface area contributed by atoms with Crippen LogP contribution in [-0.2, 0) is 4.79 Å². The number of carbonyl (C=O) groups is 1. The highest BCUT2D eigenvalue weighted by Crippen LogP contribution is 2.40. The molecule has 29 heavy (non-hydrogen) atoms. The number of hydrogen-bond acceptors (Lipinski definition) is 5. The second kappa shape index (κ2) is 9.35. The predicted octanol–water partition coefficient (Wildman–Crippen LogP) is 3.76. The van der Waals surface area contributed by atoms with Gasteiger partial charge in [0.2, 0.25) is 0 Å². The van der Waals surface area contributed by atoms with Crippen molar-refractivity contribution in [3.05, 3.63) is 23.8 Å². The Kier molecular flexibility index (Phi) is 7.06. The molecule has 0 N–H and O–H groups in total. The maximum Gasteiger partial charge on any atom is 0.254 e. The summed E-state index contributed by atoms with van der Waals surface area (Å²) >= 11 is 5.88. The van der Waals surface area contributed by atoms with E-state index in [0.29, 0.717) is 17.4 Å². The van der Waals surface area contributed by atoms with Crippen molar-refractivity contribution in [2.24, 2.45) is 10.5 Å². The van der Waals surface area contributed by atoms with Crippen molar-refractivity contribution in [1.82, 2.24) is 9.91 Å². The molecular formula is C22H32ClN3O3. The van der Waals surface area contributed by atoms with Gasteiger partial charge in [0.05, 0.1) is 31.4 Å². The summed E-state index contributed by atoms with van der Waals surface area (Å²) < 4.78 is 10.8. The SMILES string of the molecule is CCCC1(C)C(=O)N(C2CCN(CCCl)CC2)N=C1c1ccc(OC)c(OC)c1. The smallest absolute Gasteiger partial charge is 0.254 e. The summed E-state index contributed by atoms with van der Waals surface area (Å²) in [5.74, 6) is 2.07. The quantitative estimate of drug-likeness (QED) is 0.600. The van der Waals surface area contributed by atoms with Crippen LogP contribution in [0.25, 0.3) is 0 Å². The van der Waals surface area contributed by atoms with Gasteiger partial charge in [-0.2, -0.15) is 5.10 Å². The highest BCUT2D eigenvalue weighted by Gasteiger charge is 2.49. The molecule has 2 aliphatic rings. The number of hydrazone groups is 1. The summed E-state index contributed by atoms with van der Waals surface area (Å²) in [4.78, 5) is 15.9. The summed E-state index contributed by atoms with van der Waals surface area (Å²) in [5, 5.41) is 6.66. The number of rotatable bonds is 8. The van der Waals surface area contributed by atoms with Crippen LogP contribution < -0.4 is 9.47 Å². The van der Waals surface area contributed by atoms with Gasteiger partial charge < -0.3 is 14.4 Å². The van der Waals surface area contributed by atoms with Crippen LogP contribution in [0.4, 0.5) is 0 Å². The number of piperidine rings is 1. The van der Waals surface area contributed by atoms with E-state index in [1.807, 2.05) is 25.1 Å². The van der Waals surface area contributed by atoms with E-state index in [1.165, 1.54) is 0 Å². The summed E-state index contributed by atoms with van der Waals surface area (Å²) in [6.07, 6.45) is 3.53. The first-order valence-corrected chi connectivity index (χ1v) is 10.9. The van der Waals surface area contributed by atoms with Gasteiger partial charge in [-0.25, -0.2) is 5.01 Å². The average Bonchev–Trinajstić information content (AvgIpc) is 2.99. The standard InChI is InChI=1S/C22H32ClN3O3/c1-5-10-22(2)20(16-6-7-18(28-3)19(15-16)29-4)24-26(21(22)27)17-8-12-25(13-9-17)14-11-23/h6-7,15,17H,5,8-14H2,1-4H3. The van der Waals surface area contributed by atoms with E-state index in [-0.39, 0.29) is 11.9 Å². The first-order valence-electron chi connectivity index (χ1n) is 10.4. The van der Waals surface area contributed by atoms with E-state index in [1.54, 1.807) is 19.2 Å². The summed E-state index contributed by atoms with van der Waals surface area (Å²) in [6.45, 7) is 6.94. The first kappa shape index (κ1) is 21.9. The van der Waals surface area contributed by atoms with Gasteiger partial charge in [-0.15, -0.1) is 11.6 Å². The maximum atomic E-state index is 13.5. The molecule has 7 heteroatoms. The van der Waals surface area contributed by atoms with E-state index < -0.39 is 5.41 Å². The Bertz CT molecular complexity index is 762. The Morgan fingerprint density at radius 2 is 1.90 bits per heavy atom. The molecule has 1 aromatic rings. The molecule has 1 amide bonds. The second-order valence-electron chi connectivity index (χ2n) is 8.01. The number of halogens is 1. The van der Waals surface area contributed by atoms with Gasteiger partial charge in [0.15, 0.2) is 11.5 Å². The fourth-order valence-corrected chi connectivity index (χ4v) is 4.70. The molecule has 160 valence electrons. The second-order valence-corrected chi connectivity index (χ2v) is 8.39. The average molecular weight is 422 g/mol. The number of methoxy groups -OCH3 is 2. The van der Waals surface area contributed by atoms with E-state index in [9.17, 15) is 4.79 Å². The van der Waals surface area contributed by atoms with Gasteiger partial charge in [-0.3, -0.25) is 4.79 Å². The number of carbonyl (C=O) groups excluding carboxylic acids is 1.